The number of ether oxygens (including phenoxy) is 1. The van der Waals surface area contributed by atoms with Crippen LogP contribution in [0.2, 0.25) is 0 Å². The summed E-state index contributed by atoms with van der Waals surface area (Å²) >= 11 is 0. The van der Waals surface area contributed by atoms with E-state index in [1.54, 1.807) is 13.4 Å². The van der Waals surface area contributed by atoms with Crippen LogP contribution in [0.4, 0.5) is 0 Å². The third kappa shape index (κ3) is 3.65. The zero-order chi connectivity index (χ0) is 12.6. The number of methoxy groups -OCH3 is 1. The van der Waals surface area contributed by atoms with Gasteiger partial charge in [-0.3, -0.25) is 0 Å². The maximum Gasteiger partial charge on any atom is 0.141 e. The van der Waals surface area contributed by atoms with Crippen molar-refractivity contribution in [3.63, 3.8) is 0 Å². The number of aromatic nitrogens is 3. The Morgan fingerprint density at radius 2 is 2.11 bits per heavy atom. The van der Waals surface area contributed by atoms with Gasteiger partial charge in [-0.05, 0) is 5.56 Å². The van der Waals surface area contributed by atoms with Crippen LogP contribution in [0, 0.1) is 0 Å². The highest BCUT2D eigenvalue weighted by molar-refractivity contribution is 5.15. The standard InChI is InChI=1S/C13H18N4O/c1-18-8-7-14-9-13-15-11-16-17(13)10-12-5-3-2-4-6-12/h2-6,11,14H,7-10H2,1H3. The van der Waals surface area contributed by atoms with Gasteiger partial charge in [-0.25, -0.2) is 9.67 Å². The number of nitrogens with zero attached hydrogens (tertiary/aromatic N) is 3. The van der Waals surface area contributed by atoms with E-state index < -0.39 is 0 Å². The summed E-state index contributed by atoms with van der Waals surface area (Å²) in [4.78, 5) is 4.26. The molecule has 96 valence electrons. The molecule has 5 heteroatoms. The Kier molecular flexibility index (Phi) is 4.87. The molecule has 0 amide bonds. The van der Waals surface area contributed by atoms with Crippen molar-refractivity contribution in [3.05, 3.63) is 48.0 Å². The minimum Gasteiger partial charge on any atom is -0.383 e. The highest BCUT2D eigenvalue weighted by atomic mass is 16.5. The van der Waals surface area contributed by atoms with Crippen LogP contribution in [0.5, 0.6) is 0 Å². The van der Waals surface area contributed by atoms with Gasteiger partial charge in [0.1, 0.15) is 12.2 Å². The van der Waals surface area contributed by atoms with Crippen molar-refractivity contribution >= 4 is 0 Å². The van der Waals surface area contributed by atoms with Crippen LogP contribution in [0.1, 0.15) is 11.4 Å². The number of benzene rings is 1. The zero-order valence-corrected chi connectivity index (χ0v) is 10.5. The first-order valence-corrected chi connectivity index (χ1v) is 6.00. The summed E-state index contributed by atoms with van der Waals surface area (Å²) in [6.07, 6.45) is 1.59. The molecule has 0 aliphatic rings. The number of hydrogen-bond donors (Lipinski definition) is 1. The largest absolute Gasteiger partial charge is 0.383 e. The lowest BCUT2D eigenvalue weighted by Gasteiger charge is -2.07. The molecule has 1 aromatic carbocycles. The van der Waals surface area contributed by atoms with Crippen LogP contribution >= 0.6 is 0 Å². The number of hydrogen-bond acceptors (Lipinski definition) is 4. The van der Waals surface area contributed by atoms with Crippen LogP contribution in [-0.2, 0) is 17.8 Å². The van der Waals surface area contributed by atoms with Crippen LogP contribution in [0.25, 0.3) is 0 Å². The summed E-state index contributed by atoms with van der Waals surface area (Å²) < 4.78 is 6.89. The van der Waals surface area contributed by atoms with Gasteiger partial charge < -0.3 is 10.1 Å². The molecule has 1 heterocycles. The molecule has 1 aromatic heterocycles. The first-order valence-electron chi connectivity index (χ1n) is 6.00. The molecule has 0 fully saturated rings. The Balaban J connectivity index is 1.91. The van der Waals surface area contributed by atoms with Crippen molar-refractivity contribution < 1.29 is 4.74 Å². The van der Waals surface area contributed by atoms with E-state index in [-0.39, 0.29) is 0 Å². The van der Waals surface area contributed by atoms with Crippen LogP contribution < -0.4 is 5.32 Å². The quantitative estimate of drug-likeness (QED) is 0.742. The molecule has 5 nitrogen and oxygen atoms in total. The summed E-state index contributed by atoms with van der Waals surface area (Å²) in [7, 11) is 1.69. The summed E-state index contributed by atoms with van der Waals surface area (Å²) in [5, 5.41) is 7.51. The molecule has 2 aromatic rings. The second kappa shape index (κ2) is 6.88. The van der Waals surface area contributed by atoms with Gasteiger partial charge in [0.05, 0.1) is 19.7 Å². The lowest BCUT2D eigenvalue weighted by atomic mass is 10.2. The molecular weight excluding hydrogens is 228 g/mol. The predicted molar refractivity (Wildman–Crippen MR) is 69.1 cm³/mol. The van der Waals surface area contributed by atoms with Gasteiger partial charge in [-0.15, -0.1) is 0 Å². The van der Waals surface area contributed by atoms with Gasteiger partial charge in [0.25, 0.3) is 0 Å². The molecule has 0 atom stereocenters. The van der Waals surface area contributed by atoms with E-state index in [9.17, 15) is 0 Å². The van der Waals surface area contributed by atoms with E-state index >= 15 is 0 Å². The molecule has 0 saturated heterocycles. The highest BCUT2D eigenvalue weighted by Crippen LogP contribution is 2.03. The van der Waals surface area contributed by atoms with E-state index in [1.807, 2.05) is 22.9 Å². The number of nitrogens with one attached hydrogen (secondary N) is 1. The average Bonchev–Trinajstić information content (AvgIpc) is 2.83. The van der Waals surface area contributed by atoms with Gasteiger partial charge in [0.2, 0.25) is 0 Å². The average molecular weight is 246 g/mol. The molecule has 0 aliphatic carbocycles. The Morgan fingerprint density at radius 3 is 2.89 bits per heavy atom. The maximum atomic E-state index is 4.98. The Bertz CT molecular complexity index is 455. The molecule has 0 bridgehead atoms. The molecule has 2 rings (SSSR count). The van der Waals surface area contributed by atoms with Gasteiger partial charge >= 0.3 is 0 Å². The smallest absolute Gasteiger partial charge is 0.141 e. The van der Waals surface area contributed by atoms with E-state index in [4.69, 9.17) is 4.74 Å². The second-order valence-corrected chi connectivity index (χ2v) is 3.99. The van der Waals surface area contributed by atoms with Gasteiger partial charge in [-0.2, -0.15) is 5.10 Å². The first-order chi connectivity index (χ1) is 8.90. The topological polar surface area (TPSA) is 52.0 Å². The maximum absolute atomic E-state index is 4.98. The minimum atomic E-state index is 0.701. The lowest BCUT2D eigenvalue weighted by molar-refractivity contribution is 0.198. The second-order valence-electron chi connectivity index (χ2n) is 3.99. The monoisotopic (exact) mass is 246 g/mol. The summed E-state index contributed by atoms with van der Waals surface area (Å²) in [6, 6.07) is 10.2. The Labute approximate surface area is 107 Å². The van der Waals surface area contributed by atoms with Crippen molar-refractivity contribution in [3.8, 4) is 0 Å². The third-order valence-electron chi connectivity index (χ3n) is 2.64. The van der Waals surface area contributed by atoms with Crippen molar-refractivity contribution in [1.29, 1.82) is 0 Å². The molecule has 0 aliphatic heterocycles. The molecule has 0 radical (unpaired) electrons. The predicted octanol–water partition coefficient (Wildman–Crippen LogP) is 1.06. The Hall–Kier alpha value is -1.72. The van der Waals surface area contributed by atoms with Crippen molar-refractivity contribution in [2.45, 2.75) is 13.1 Å². The first kappa shape index (κ1) is 12.7. The fourth-order valence-electron chi connectivity index (χ4n) is 1.69. The van der Waals surface area contributed by atoms with Crippen molar-refractivity contribution in [2.24, 2.45) is 0 Å². The summed E-state index contributed by atoms with van der Waals surface area (Å²) in [5.41, 5.74) is 1.22. The fraction of sp³-hybridized carbons (Fsp3) is 0.385. The highest BCUT2D eigenvalue weighted by Gasteiger charge is 2.04. The lowest BCUT2D eigenvalue weighted by Crippen LogP contribution is -2.21. The van der Waals surface area contributed by atoms with Gasteiger partial charge in [-0.1, -0.05) is 30.3 Å². The van der Waals surface area contributed by atoms with E-state index in [0.29, 0.717) is 13.2 Å². The van der Waals surface area contributed by atoms with Crippen LogP contribution in [-0.4, -0.2) is 35.0 Å². The zero-order valence-electron chi connectivity index (χ0n) is 10.5. The minimum absolute atomic E-state index is 0.701. The summed E-state index contributed by atoms with van der Waals surface area (Å²) in [6.45, 7) is 2.97. The summed E-state index contributed by atoms with van der Waals surface area (Å²) in [5.74, 6) is 0.940. The van der Waals surface area contributed by atoms with Crippen LogP contribution in [0.3, 0.4) is 0 Å². The third-order valence-corrected chi connectivity index (χ3v) is 2.64. The van der Waals surface area contributed by atoms with Gasteiger partial charge in [0, 0.05) is 13.7 Å². The molecule has 0 unspecified atom stereocenters. The molecule has 0 saturated carbocycles. The molecule has 0 spiro atoms. The SMILES string of the molecule is COCCNCc1ncnn1Cc1ccccc1. The molecular formula is C13H18N4O. The van der Waals surface area contributed by atoms with E-state index in [0.717, 1.165) is 18.9 Å². The molecule has 18 heavy (non-hydrogen) atoms. The van der Waals surface area contributed by atoms with E-state index in [1.165, 1.54) is 5.56 Å². The number of rotatable bonds is 7. The van der Waals surface area contributed by atoms with Crippen molar-refractivity contribution in [1.82, 2.24) is 20.1 Å². The normalized spacial score (nSPS) is 10.7. The fourth-order valence-corrected chi connectivity index (χ4v) is 1.69. The van der Waals surface area contributed by atoms with Crippen LogP contribution in [0.15, 0.2) is 36.7 Å². The molecule has 1 N–H and O–H groups in total. The Morgan fingerprint density at radius 1 is 1.28 bits per heavy atom. The van der Waals surface area contributed by atoms with E-state index in [2.05, 4.69) is 27.5 Å². The van der Waals surface area contributed by atoms with Crippen molar-refractivity contribution in [2.75, 3.05) is 20.3 Å². The van der Waals surface area contributed by atoms with Gasteiger partial charge in [0.15, 0.2) is 0 Å².